The Morgan fingerprint density at radius 1 is 1.00 bits per heavy atom. The highest BCUT2D eigenvalue weighted by molar-refractivity contribution is 5.82. The minimum absolute atomic E-state index is 0.706. The molecule has 2 aromatic carbocycles. The van der Waals surface area contributed by atoms with Crippen molar-refractivity contribution in [3.63, 3.8) is 0 Å². The van der Waals surface area contributed by atoms with Gasteiger partial charge in [-0.2, -0.15) is 0 Å². The van der Waals surface area contributed by atoms with Gasteiger partial charge in [-0.25, -0.2) is 0 Å². The van der Waals surface area contributed by atoms with Gasteiger partial charge in [0.15, 0.2) is 0 Å². The van der Waals surface area contributed by atoms with Gasteiger partial charge < -0.3 is 5.73 Å². The number of anilines is 1. The van der Waals surface area contributed by atoms with Crippen LogP contribution in [0.4, 0.5) is 5.69 Å². The van der Waals surface area contributed by atoms with Gasteiger partial charge in [0.25, 0.3) is 0 Å². The number of aromatic nitrogens is 1. The van der Waals surface area contributed by atoms with Crippen molar-refractivity contribution in [1.82, 2.24) is 4.98 Å². The summed E-state index contributed by atoms with van der Waals surface area (Å²) in [4.78, 5) is 4.35. The molecule has 0 atom stereocenters. The van der Waals surface area contributed by atoms with Crippen LogP contribution in [-0.2, 0) is 6.42 Å². The summed E-state index contributed by atoms with van der Waals surface area (Å²) in [5.74, 6) is 6.35. The standard InChI is InChI=1S/C18H14N2/c19-16-8-4-6-14(13-16)5-3-7-15-11-12-20-18-10-2-1-9-17(15)18/h1-2,4,6,8-13H,7,19H2. The molecule has 96 valence electrons. The van der Waals surface area contributed by atoms with Crippen LogP contribution in [0.25, 0.3) is 10.9 Å². The summed E-state index contributed by atoms with van der Waals surface area (Å²) in [5.41, 5.74) is 9.64. The maximum atomic E-state index is 5.74. The van der Waals surface area contributed by atoms with Crippen molar-refractivity contribution in [2.45, 2.75) is 6.42 Å². The molecule has 2 nitrogen and oxygen atoms in total. The molecule has 3 rings (SSSR count). The van der Waals surface area contributed by atoms with Gasteiger partial charge in [-0.1, -0.05) is 36.1 Å². The second kappa shape index (κ2) is 5.46. The third kappa shape index (κ3) is 2.62. The second-order valence-corrected chi connectivity index (χ2v) is 4.59. The van der Waals surface area contributed by atoms with Crippen LogP contribution in [0.2, 0.25) is 0 Å². The number of rotatable bonds is 1. The summed E-state index contributed by atoms with van der Waals surface area (Å²) < 4.78 is 0. The van der Waals surface area contributed by atoms with E-state index in [0.29, 0.717) is 6.42 Å². The molecule has 0 aliphatic rings. The fourth-order valence-electron chi connectivity index (χ4n) is 2.17. The minimum Gasteiger partial charge on any atom is -0.399 e. The molecular formula is C18H14N2. The number of nitrogen functional groups attached to an aromatic ring is 1. The predicted octanol–water partition coefficient (Wildman–Crippen LogP) is 3.41. The lowest BCUT2D eigenvalue weighted by atomic mass is 10.1. The lowest BCUT2D eigenvalue weighted by Crippen LogP contribution is -1.87. The first-order chi connectivity index (χ1) is 9.83. The zero-order chi connectivity index (χ0) is 13.8. The number of nitrogens with two attached hydrogens (primary N) is 1. The van der Waals surface area contributed by atoms with E-state index in [1.165, 1.54) is 5.56 Å². The van der Waals surface area contributed by atoms with Crippen molar-refractivity contribution in [1.29, 1.82) is 0 Å². The molecule has 0 aliphatic carbocycles. The number of benzene rings is 2. The summed E-state index contributed by atoms with van der Waals surface area (Å²) in [6, 6.07) is 17.8. The summed E-state index contributed by atoms with van der Waals surface area (Å²) in [7, 11) is 0. The lowest BCUT2D eigenvalue weighted by molar-refractivity contribution is 1.30. The molecule has 0 saturated heterocycles. The van der Waals surface area contributed by atoms with Crippen molar-refractivity contribution in [3.05, 3.63) is 71.9 Å². The molecule has 2 N–H and O–H groups in total. The minimum atomic E-state index is 0.706. The highest BCUT2D eigenvalue weighted by atomic mass is 14.6. The van der Waals surface area contributed by atoms with E-state index >= 15 is 0 Å². The molecule has 20 heavy (non-hydrogen) atoms. The van der Waals surface area contributed by atoms with Crippen LogP contribution in [0.3, 0.4) is 0 Å². The Morgan fingerprint density at radius 2 is 1.90 bits per heavy atom. The Bertz CT molecular complexity index is 805. The third-order valence-electron chi connectivity index (χ3n) is 3.14. The van der Waals surface area contributed by atoms with Gasteiger partial charge in [-0.3, -0.25) is 4.98 Å². The molecule has 0 fully saturated rings. The van der Waals surface area contributed by atoms with Crippen LogP contribution >= 0.6 is 0 Å². The molecule has 0 unspecified atom stereocenters. The van der Waals surface area contributed by atoms with Gasteiger partial charge in [-0.15, -0.1) is 0 Å². The molecule has 1 aromatic heterocycles. The van der Waals surface area contributed by atoms with E-state index in [0.717, 1.165) is 22.2 Å². The lowest BCUT2D eigenvalue weighted by Gasteiger charge is -2.01. The molecule has 0 spiro atoms. The van der Waals surface area contributed by atoms with Crippen LogP contribution in [0.1, 0.15) is 11.1 Å². The topological polar surface area (TPSA) is 38.9 Å². The van der Waals surface area contributed by atoms with E-state index in [9.17, 15) is 0 Å². The van der Waals surface area contributed by atoms with E-state index in [1.807, 2.05) is 54.7 Å². The van der Waals surface area contributed by atoms with Crippen molar-refractivity contribution in [2.75, 3.05) is 5.73 Å². The molecule has 3 aromatic rings. The van der Waals surface area contributed by atoms with Crippen LogP contribution in [0, 0.1) is 11.8 Å². The van der Waals surface area contributed by atoms with E-state index in [2.05, 4.69) is 22.9 Å². The largest absolute Gasteiger partial charge is 0.399 e. The maximum absolute atomic E-state index is 5.74. The Labute approximate surface area is 118 Å². The molecule has 2 heteroatoms. The van der Waals surface area contributed by atoms with Crippen LogP contribution < -0.4 is 5.73 Å². The first-order valence-electron chi connectivity index (χ1n) is 6.50. The Morgan fingerprint density at radius 3 is 2.80 bits per heavy atom. The Hall–Kier alpha value is -2.79. The summed E-state index contributed by atoms with van der Waals surface area (Å²) >= 11 is 0. The van der Waals surface area contributed by atoms with Crippen molar-refractivity contribution >= 4 is 16.6 Å². The number of pyridine rings is 1. The van der Waals surface area contributed by atoms with Gasteiger partial charge in [-0.05, 0) is 35.9 Å². The van der Waals surface area contributed by atoms with Crippen molar-refractivity contribution < 1.29 is 0 Å². The quantitative estimate of drug-likeness (QED) is 0.536. The average Bonchev–Trinajstić information content (AvgIpc) is 2.48. The monoisotopic (exact) mass is 258 g/mol. The van der Waals surface area contributed by atoms with Crippen molar-refractivity contribution in [3.8, 4) is 11.8 Å². The molecule has 0 bridgehead atoms. The smallest absolute Gasteiger partial charge is 0.0705 e. The van der Waals surface area contributed by atoms with Gasteiger partial charge in [0.2, 0.25) is 0 Å². The summed E-state index contributed by atoms with van der Waals surface area (Å²) in [6.45, 7) is 0. The van der Waals surface area contributed by atoms with Crippen LogP contribution in [0.5, 0.6) is 0 Å². The van der Waals surface area contributed by atoms with Gasteiger partial charge >= 0.3 is 0 Å². The number of para-hydroxylation sites is 1. The molecule has 0 amide bonds. The Balaban J connectivity index is 1.88. The predicted molar refractivity (Wildman–Crippen MR) is 83.2 cm³/mol. The summed E-state index contributed by atoms with van der Waals surface area (Å²) in [6.07, 6.45) is 2.54. The molecule has 0 aliphatic heterocycles. The van der Waals surface area contributed by atoms with Gasteiger partial charge in [0.05, 0.1) is 5.52 Å². The third-order valence-corrected chi connectivity index (χ3v) is 3.14. The highest BCUT2D eigenvalue weighted by Crippen LogP contribution is 2.16. The van der Waals surface area contributed by atoms with Crippen LogP contribution in [0.15, 0.2) is 60.8 Å². The fraction of sp³-hybridized carbons (Fsp3) is 0.0556. The zero-order valence-electron chi connectivity index (χ0n) is 11.0. The first-order valence-corrected chi connectivity index (χ1v) is 6.50. The molecular weight excluding hydrogens is 244 g/mol. The van der Waals surface area contributed by atoms with E-state index < -0.39 is 0 Å². The molecule has 1 heterocycles. The van der Waals surface area contributed by atoms with Crippen molar-refractivity contribution in [2.24, 2.45) is 0 Å². The normalized spacial score (nSPS) is 10.0. The second-order valence-electron chi connectivity index (χ2n) is 4.59. The fourth-order valence-corrected chi connectivity index (χ4v) is 2.17. The highest BCUT2D eigenvalue weighted by Gasteiger charge is 1.98. The maximum Gasteiger partial charge on any atom is 0.0705 e. The van der Waals surface area contributed by atoms with Gasteiger partial charge in [0, 0.05) is 29.3 Å². The molecule has 0 radical (unpaired) electrons. The first kappa shape index (κ1) is 12.3. The average molecular weight is 258 g/mol. The van der Waals surface area contributed by atoms with Gasteiger partial charge in [0.1, 0.15) is 0 Å². The number of hydrogen-bond donors (Lipinski definition) is 1. The number of nitrogens with zero attached hydrogens (tertiary/aromatic N) is 1. The number of hydrogen-bond acceptors (Lipinski definition) is 2. The molecule has 0 saturated carbocycles. The van der Waals surface area contributed by atoms with E-state index in [1.54, 1.807) is 0 Å². The zero-order valence-corrected chi connectivity index (χ0v) is 11.0. The summed E-state index contributed by atoms with van der Waals surface area (Å²) in [5, 5.41) is 1.16. The SMILES string of the molecule is Nc1cccc(C#CCc2ccnc3ccccc23)c1. The number of fused-ring (bicyclic) bond motifs is 1. The van der Waals surface area contributed by atoms with E-state index in [4.69, 9.17) is 5.73 Å². The van der Waals surface area contributed by atoms with E-state index in [-0.39, 0.29) is 0 Å². The van der Waals surface area contributed by atoms with Crippen LogP contribution in [-0.4, -0.2) is 4.98 Å². The Kier molecular flexibility index (Phi) is 3.34.